The zero-order valence-corrected chi connectivity index (χ0v) is 18.1. The first-order valence-corrected chi connectivity index (χ1v) is 11.1. The number of rotatable bonds is 8. The lowest BCUT2D eigenvalue weighted by molar-refractivity contribution is -0.113. The van der Waals surface area contributed by atoms with E-state index in [0.29, 0.717) is 22.4 Å². The van der Waals surface area contributed by atoms with E-state index < -0.39 is 0 Å². The highest BCUT2D eigenvalue weighted by atomic mass is 35.5. The van der Waals surface area contributed by atoms with Crippen LogP contribution in [0, 0.1) is 6.92 Å². The number of hydrogen-bond donors (Lipinski definition) is 1. The van der Waals surface area contributed by atoms with Crippen molar-refractivity contribution < 1.29 is 4.79 Å². The van der Waals surface area contributed by atoms with Crippen LogP contribution < -0.4 is 5.32 Å². The summed E-state index contributed by atoms with van der Waals surface area (Å²) in [5, 5.41) is 15.0. The largest absolute Gasteiger partial charge is 0.325 e. The lowest BCUT2D eigenvalue weighted by atomic mass is 10.1. The second-order valence-corrected chi connectivity index (χ2v) is 8.55. The van der Waals surface area contributed by atoms with Crippen LogP contribution in [0.1, 0.15) is 17.4 Å². The van der Waals surface area contributed by atoms with Crippen molar-refractivity contribution in [2.24, 2.45) is 0 Å². The molecule has 3 rings (SSSR count). The van der Waals surface area contributed by atoms with Crippen LogP contribution in [0.2, 0.25) is 5.02 Å². The minimum atomic E-state index is -0.109. The normalized spacial score (nSPS) is 10.8. The summed E-state index contributed by atoms with van der Waals surface area (Å²) in [6.07, 6.45) is 2.76. The first-order valence-electron chi connectivity index (χ1n) is 8.83. The molecule has 3 aromatic rings. The van der Waals surface area contributed by atoms with Gasteiger partial charge in [-0.3, -0.25) is 9.36 Å². The van der Waals surface area contributed by atoms with Crippen LogP contribution in [-0.4, -0.2) is 26.4 Å². The fourth-order valence-electron chi connectivity index (χ4n) is 2.86. The maximum absolute atomic E-state index is 12.3. The molecule has 2 heterocycles. The summed E-state index contributed by atoms with van der Waals surface area (Å²) in [6.45, 7) is 8.69. The van der Waals surface area contributed by atoms with E-state index >= 15 is 0 Å². The highest BCUT2D eigenvalue weighted by Crippen LogP contribution is 2.32. The molecule has 0 atom stereocenters. The molecule has 0 unspecified atom stereocenters. The van der Waals surface area contributed by atoms with Gasteiger partial charge in [0.25, 0.3) is 0 Å². The number of aryl methyl sites for hydroxylation is 1. The van der Waals surface area contributed by atoms with E-state index in [1.807, 2.05) is 10.6 Å². The number of aromatic nitrogens is 3. The number of halogens is 1. The summed E-state index contributed by atoms with van der Waals surface area (Å²) in [4.78, 5) is 13.6. The molecule has 1 aromatic carbocycles. The van der Waals surface area contributed by atoms with E-state index in [1.54, 1.807) is 35.6 Å². The molecule has 0 aliphatic carbocycles. The van der Waals surface area contributed by atoms with Crippen molar-refractivity contribution in [2.75, 3.05) is 11.1 Å². The van der Waals surface area contributed by atoms with Crippen LogP contribution in [0.3, 0.4) is 0 Å². The van der Waals surface area contributed by atoms with Crippen molar-refractivity contribution in [3.63, 3.8) is 0 Å². The molecule has 1 amide bonds. The quantitative estimate of drug-likeness (QED) is 0.380. The summed E-state index contributed by atoms with van der Waals surface area (Å²) in [6, 6.07) is 7.03. The molecule has 28 heavy (non-hydrogen) atoms. The fraction of sp³-hybridized carbons (Fsp3) is 0.250. The van der Waals surface area contributed by atoms with Crippen LogP contribution in [0.5, 0.6) is 0 Å². The van der Waals surface area contributed by atoms with Crippen LogP contribution in [0.15, 0.2) is 47.5 Å². The van der Waals surface area contributed by atoms with Gasteiger partial charge in [-0.05, 0) is 43.2 Å². The summed E-state index contributed by atoms with van der Waals surface area (Å²) < 4.78 is 2.01. The number of nitrogens with one attached hydrogen (secondary N) is 1. The molecule has 0 bridgehead atoms. The Balaban J connectivity index is 1.75. The molecule has 0 radical (unpaired) electrons. The van der Waals surface area contributed by atoms with E-state index in [1.165, 1.54) is 22.2 Å². The van der Waals surface area contributed by atoms with Crippen molar-refractivity contribution in [1.82, 2.24) is 14.8 Å². The fourth-order valence-corrected chi connectivity index (χ4v) is 4.67. The number of allylic oxidation sites excluding steroid dienone is 1. The van der Waals surface area contributed by atoms with Gasteiger partial charge >= 0.3 is 0 Å². The van der Waals surface area contributed by atoms with Crippen LogP contribution >= 0.6 is 34.7 Å². The van der Waals surface area contributed by atoms with E-state index in [0.717, 1.165) is 17.8 Å². The molecule has 5 nitrogen and oxygen atoms in total. The predicted molar refractivity (Wildman–Crippen MR) is 118 cm³/mol. The van der Waals surface area contributed by atoms with Gasteiger partial charge in [-0.1, -0.05) is 36.4 Å². The maximum Gasteiger partial charge on any atom is 0.234 e. The monoisotopic (exact) mass is 432 g/mol. The Morgan fingerprint density at radius 1 is 1.36 bits per heavy atom. The van der Waals surface area contributed by atoms with E-state index in [2.05, 4.69) is 41.3 Å². The highest BCUT2D eigenvalue weighted by Gasteiger charge is 2.19. The average Bonchev–Trinajstić information content (AvgIpc) is 3.25. The number of nitrogens with zero attached hydrogens (tertiary/aromatic N) is 3. The van der Waals surface area contributed by atoms with Crippen LogP contribution in [-0.2, 0) is 17.8 Å². The molecule has 146 valence electrons. The molecule has 0 spiro atoms. The average molecular weight is 433 g/mol. The Bertz CT molecular complexity index is 979. The van der Waals surface area contributed by atoms with Crippen molar-refractivity contribution in [3.05, 3.63) is 57.8 Å². The lowest BCUT2D eigenvalue weighted by Gasteiger charge is -2.09. The second kappa shape index (κ2) is 9.41. The Labute approximate surface area is 177 Å². The van der Waals surface area contributed by atoms with Crippen molar-refractivity contribution >= 4 is 46.3 Å². The number of carbonyl (C=O) groups excluding carboxylic acids is 1. The SMILES string of the molecule is C=CCn1c(SCC(=O)Nc2ccc(Cl)cc2)nnc1-c1csc(C)c1CC. The number of carbonyl (C=O) groups is 1. The Morgan fingerprint density at radius 3 is 2.79 bits per heavy atom. The Morgan fingerprint density at radius 2 is 2.11 bits per heavy atom. The smallest absolute Gasteiger partial charge is 0.234 e. The maximum atomic E-state index is 12.3. The molecular formula is C20H21ClN4OS2. The molecule has 0 aliphatic rings. The number of amides is 1. The zero-order chi connectivity index (χ0) is 20.1. The molecule has 8 heteroatoms. The molecule has 0 saturated heterocycles. The van der Waals surface area contributed by atoms with E-state index in [4.69, 9.17) is 11.6 Å². The minimum absolute atomic E-state index is 0.109. The third-order valence-corrected chi connectivity index (χ3v) is 6.36. The molecule has 0 aliphatic heterocycles. The van der Waals surface area contributed by atoms with Gasteiger partial charge in [0.1, 0.15) is 0 Å². The Hall–Kier alpha value is -2.09. The van der Waals surface area contributed by atoms with Gasteiger partial charge in [0.2, 0.25) is 5.91 Å². The number of hydrogen-bond acceptors (Lipinski definition) is 5. The van der Waals surface area contributed by atoms with Gasteiger partial charge in [-0.25, -0.2) is 0 Å². The van der Waals surface area contributed by atoms with Crippen molar-refractivity contribution in [2.45, 2.75) is 32.0 Å². The van der Waals surface area contributed by atoms with E-state index in [-0.39, 0.29) is 11.7 Å². The summed E-state index contributed by atoms with van der Waals surface area (Å²) in [5.41, 5.74) is 3.11. The second-order valence-electron chi connectivity index (χ2n) is 6.09. The first kappa shape index (κ1) is 20.6. The molecule has 0 fully saturated rings. The van der Waals surface area contributed by atoms with Crippen LogP contribution in [0.25, 0.3) is 11.4 Å². The number of benzene rings is 1. The standard InChI is InChI=1S/C20H21ClN4OS2/c1-4-10-25-19(17-11-27-13(3)16(17)5-2)23-24-20(25)28-12-18(26)22-15-8-6-14(21)7-9-15/h4,6-9,11H,1,5,10,12H2,2-3H3,(H,22,26). The van der Waals surface area contributed by atoms with Gasteiger partial charge in [0, 0.05) is 33.1 Å². The Kier molecular flexibility index (Phi) is 6.93. The van der Waals surface area contributed by atoms with Crippen molar-refractivity contribution in [3.8, 4) is 11.4 Å². The third-order valence-electron chi connectivity index (χ3n) is 4.19. The number of anilines is 1. The molecule has 0 saturated carbocycles. The van der Waals surface area contributed by atoms with Gasteiger partial charge < -0.3 is 5.32 Å². The predicted octanol–water partition coefficient (Wildman–Crippen LogP) is 5.45. The first-order chi connectivity index (χ1) is 13.5. The highest BCUT2D eigenvalue weighted by molar-refractivity contribution is 7.99. The third kappa shape index (κ3) is 4.66. The molecule has 1 N–H and O–H groups in total. The number of thiophene rings is 1. The summed E-state index contributed by atoms with van der Waals surface area (Å²) >= 11 is 8.95. The topological polar surface area (TPSA) is 59.8 Å². The van der Waals surface area contributed by atoms with Crippen LogP contribution in [0.4, 0.5) is 5.69 Å². The molecule has 2 aromatic heterocycles. The molecular weight excluding hydrogens is 412 g/mol. The van der Waals surface area contributed by atoms with Gasteiger partial charge in [-0.2, -0.15) is 0 Å². The van der Waals surface area contributed by atoms with E-state index in [9.17, 15) is 4.79 Å². The minimum Gasteiger partial charge on any atom is -0.325 e. The summed E-state index contributed by atoms with van der Waals surface area (Å²) in [7, 11) is 0. The summed E-state index contributed by atoms with van der Waals surface area (Å²) in [5.74, 6) is 0.950. The van der Waals surface area contributed by atoms with Gasteiger partial charge in [-0.15, -0.1) is 28.1 Å². The lowest BCUT2D eigenvalue weighted by Crippen LogP contribution is -2.14. The number of thioether (sulfide) groups is 1. The zero-order valence-electron chi connectivity index (χ0n) is 15.7. The van der Waals surface area contributed by atoms with Gasteiger partial charge in [0.15, 0.2) is 11.0 Å². The van der Waals surface area contributed by atoms with Crippen molar-refractivity contribution in [1.29, 1.82) is 0 Å². The van der Waals surface area contributed by atoms with Gasteiger partial charge in [0.05, 0.1) is 5.75 Å².